The van der Waals surface area contributed by atoms with Crippen LogP contribution in [0.1, 0.15) is 42.9 Å². The van der Waals surface area contributed by atoms with Crippen LogP contribution in [0.5, 0.6) is 0 Å². The van der Waals surface area contributed by atoms with Crippen molar-refractivity contribution in [1.29, 1.82) is 0 Å². The van der Waals surface area contributed by atoms with Crippen LogP contribution in [0.25, 0.3) is 0 Å². The van der Waals surface area contributed by atoms with Crippen molar-refractivity contribution in [2.45, 2.75) is 37.8 Å². The lowest BCUT2D eigenvalue weighted by Gasteiger charge is -2.27. The Bertz CT molecular complexity index is 646. The Hall–Kier alpha value is -1.87. The van der Waals surface area contributed by atoms with Gasteiger partial charge in [0.05, 0.1) is 6.04 Å². The first kappa shape index (κ1) is 15.6. The predicted octanol–water partition coefficient (Wildman–Crippen LogP) is 4.43. The number of thiocarbonyl (C=S) groups is 1. The third kappa shape index (κ3) is 3.32. The molecular formula is C21H24N2S. The molecular weight excluding hydrogens is 312 g/mol. The Balaban J connectivity index is 1.48. The van der Waals surface area contributed by atoms with E-state index in [0.717, 1.165) is 16.9 Å². The Labute approximate surface area is 149 Å². The van der Waals surface area contributed by atoms with E-state index in [1.807, 2.05) is 0 Å². The lowest BCUT2D eigenvalue weighted by molar-refractivity contribution is 0.388. The average molecular weight is 337 g/mol. The summed E-state index contributed by atoms with van der Waals surface area (Å²) < 4.78 is 0. The third-order valence-corrected chi connectivity index (χ3v) is 5.83. The molecule has 2 aliphatic carbocycles. The Morgan fingerprint density at radius 3 is 2.00 bits per heavy atom. The fourth-order valence-corrected chi connectivity index (χ4v) is 4.68. The number of rotatable bonds is 4. The summed E-state index contributed by atoms with van der Waals surface area (Å²) in [6.07, 6.45) is 5.46. The summed E-state index contributed by atoms with van der Waals surface area (Å²) in [7, 11) is 0. The van der Waals surface area contributed by atoms with Crippen molar-refractivity contribution >= 4 is 17.3 Å². The molecule has 0 aromatic heterocycles. The predicted molar refractivity (Wildman–Crippen MR) is 103 cm³/mol. The molecule has 2 saturated carbocycles. The van der Waals surface area contributed by atoms with Gasteiger partial charge in [0.1, 0.15) is 0 Å². The molecule has 24 heavy (non-hydrogen) atoms. The molecule has 4 rings (SSSR count). The van der Waals surface area contributed by atoms with Gasteiger partial charge in [-0.2, -0.15) is 0 Å². The van der Waals surface area contributed by atoms with E-state index in [1.54, 1.807) is 0 Å². The standard InChI is InChI=1S/C21H24N2S/c24-21(22-19-14-15-11-12-18(19)13-15)23-20(16-7-3-1-4-8-16)17-9-5-2-6-10-17/h1-10,15,18-20H,11-14H2,(H2,22,23,24). The summed E-state index contributed by atoms with van der Waals surface area (Å²) in [5.74, 6) is 1.75. The fraction of sp³-hybridized carbons (Fsp3) is 0.381. The van der Waals surface area contributed by atoms with E-state index in [0.29, 0.717) is 6.04 Å². The van der Waals surface area contributed by atoms with Gasteiger partial charge in [0.15, 0.2) is 5.11 Å². The highest BCUT2D eigenvalue weighted by molar-refractivity contribution is 7.80. The van der Waals surface area contributed by atoms with Crippen LogP contribution >= 0.6 is 12.2 Å². The molecule has 3 atom stereocenters. The molecule has 3 unspecified atom stereocenters. The molecule has 2 aromatic rings. The Kier molecular flexibility index (Phi) is 4.52. The number of hydrogen-bond donors (Lipinski definition) is 2. The lowest BCUT2D eigenvalue weighted by atomic mass is 9.95. The van der Waals surface area contributed by atoms with Crippen LogP contribution < -0.4 is 10.6 Å². The quantitative estimate of drug-likeness (QED) is 0.808. The summed E-state index contributed by atoms with van der Waals surface area (Å²) in [6.45, 7) is 0. The normalized spacial score (nSPS) is 25.0. The van der Waals surface area contributed by atoms with Gasteiger partial charge in [-0.05, 0) is 54.4 Å². The molecule has 0 heterocycles. The van der Waals surface area contributed by atoms with Crippen molar-refractivity contribution in [3.05, 3.63) is 71.8 Å². The van der Waals surface area contributed by atoms with Crippen LogP contribution in [0.15, 0.2) is 60.7 Å². The smallest absolute Gasteiger partial charge is 0.167 e. The molecule has 0 spiro atoms. The van der Waals surface area contributed by atoms with Crippen molar-refractivity contribution in [3.63, 3.8) is 0 Å². The first-order chi connectivity index (χ1) is 11.8. The zero-order valence-electron chi connectivity index (χ0n) is 13.8. The summed E-state index contributed by atoms with van der Waals surface area (Å²) >= 11 is 5.66. The fourth-order valence-electron chi connectivity index (χ4n) is 4.41. The van der Waals surface area contributed by atoms with Gasteiger partial charge in [-0.3, -0.25) is 0 Å². The van der Waals surface area contributed by atoms with Crippen LogP contribution in [0.4, 0.5) is 0 Å². The zero-order chi connectivity index (χ0) is 16.4. The number of benzene rings is 2. The van der Waals surface area contributed by atoms with Gasteiger partial charge in [-0.1, -0.05) is 67.1 Å². The second-order valence-electron chi connectivity index (χ2n) is 7.15. The Morgan fingerprint density at radius 1 is 0.875 bits per heavy atom. The van der Waals surface area contributed by atoms with Crippen LogP contribution in [-0.2, 0) is 0 Å². The highest BCUT2D eigenvalue weighted by Gasteiger charge is 2.39. The van der Waals surface area contributed by atoms with Crippen molar-refractivity contribution in [2.24, 2.45) is 11.8 Å². The summed E-state index contributed by atoms with van der Waals surface area (Å²) in [6, 6.07) is 21.7. The van der Waals surface area contributed by atoms with Crippen LogP contribution in [0.3, 0.4) is 0 Å². The average Bonchev–Trinajstić information content (AvgIpc) is 3.24. The highest BCUT2D eigenvalue weighted by atomic mass is 32.1. The van der Waals surface area contributed by atoms with Gasteiger partial charge < -0.3 is 10.6 Å². The molecule has 2 fully saturated rings. The number of fused-ring (bicyclic) bond motifs is 2. The minimum absolute atomic E-state index is 0.0889. The Morgan fingerprint density at radius 2 is 1.50 bits per heavy atom. The maximum atomic E-state index is 5.66. The van der Waals surface area contributed by atoms with E-state index in [1.165, 1.54) is 36.8 Å². The molecule has 2 aromatic carbocycles. The first-order valence-electron chi connectivity index (χ1n) is 8.96. The molecule has 0 aliphatic heterocycles. The van der Waals surface area contributed by atoms with E-state index >= 15 is 0 Å². The van der Waals surface area contributed by atoms with Crippen LogP contribution in [-0.4, -0.2) is 11.2 Å². The maximum Gasteiger partial charge on any atom is 0.167 e. The van der Waals surface area contributed by atoms with E-state index in [9.17, 15) is 0 Å². The summed E-state index contributed by atoms with van der Waals surface area (Å²) in [5.41, 5.74) is 2.47. The number of hydrogen-bond acceptors (Lipinski definition) is 1. The van der Waals surface area contributed by atoms with Crippen molar-refractivity contribution < 1.29 is 0 Å². The highest BCUT2D eigenvalue weighted by Crippen LogP contribution is 2.44. The summed E-state index contributed by atoms with van der Waals surface area (Å²) in [5, 5.41) is 7.94. The van der Waals surface area contributed by atoms with Gasteiger partial charge in [0.25, 0.3) is 0 Å². The second-order valence-corrected chi connectivity index (χ2v) is 7.56. The first-order valence-corrected chi connectivity index (χ1v) is 9.37. The van der Waals surface area contributed by atoms with E-state index in [2.05, 4.69) is 71.3 Å². The molecule has 2 aliphatic rings. The van der Waals surface area contributed by atoms with Crippen molar-refractivity contribution in [3.8, 4) is 0 Å². The molecule has 2 nitrogen and oxygen atoms in total. The molecule has 0 amide bonds. The zero-order valence-corrected chi connectivity index (χ0v) is 14.6. The molecule has 0 saturated heterocycles. The van der Waals surface area contributed by atoms with Gasteiger partial charge >= 0.3 is 0 Å². The van der Waals surface area contributed by atoms with Gasteiger partial charge in [-0.25, -0.2) is 0 Å². The monoisotopic (exact) mass is 336 g/mol. The van der Waals surface area contributed by atoms with Gasteiger partial charge in [0, 0.05) is 6.04 Å². The van der Waals surface area contributed by atoms with E-state index in [4.69, 9.17) is 12.2 Å². The second kappa shape index (κ2) is 6.94. The maximum absolute atomic E-state index is 5.66. The lowest BCUT2D eigenvalue weighted by Crippen LogP contribution is -2.45. The van der Waals surface area contributed by atoms with E-state index in [-0.39, 0.29) is 6.04 Å². The minimum atomic E-state index is 0.0889. The molecule has 0 radical (unpaired) electrons. The topological polar surface area (TPSA) is 24.1 Å². The summed E-state index contributed by atoms with van der Waals surface area (Å²) in [4.78, 5) is 0. The number of nitrogens with one attached hydrogen (secondary N) is 2. The minimum Gasteiger partial charge on any atom is -0.360 e. The van der Waals surface area contributed by atoms with Crippen LogP contribution in [0.2, 0.25) is 0 Å². The SMILES string of the molecule is S=C(NC(c1ccccc1)c1ccccc1)NC1CC2CCC1C2. The van der Waals surface area contributed by atoms with Gasteiger partial charge in [0.2, 0.25) is 0 Å². The molecule has 2 N–H and O–H groups in total. The molecule has 3 heteroatoms. The van der Waals surface area contributed by atoms with E-state index < -0.39 is 0 Å². The molecule has 124 valence electrons. The van der Waals surface area contributed by atoms with Crippen molar-refractivity contribution in [1.82, 2.24) is 10.6 Å². The van der Waals surface area contributed by atoms with Gasteiger partial charge in [-0.15, -0.1) is 0 Å². The van der Waals surface area contributed by atoms with Crippen molar-refractivity contribution in [2.75, 3.05) is 0 Å². The molecule has 2 bridgehead atoms. The van der Waals surface area contributed by atoms with Crippen LogP contribution in [0, 0.1) is 11.8 Å². The largest absolute Gasteiger partial charge is 0.360 e. The third-order valence-electron chi connectivity index (χ3n) is 5.60.